The van der Waals surface area contributed by atoms with E-state index in [2.05, 4.69) is 30.2 Å². The van der Waals surface area contributed by atoms with Crippen molar-refractivity contribution in [1.29, 1.82) is 0 Å². The monoisotopic (exact) mass is 272 g/mol. The molecule has 1 aliphatic heterocycles. The summed E-state index contributed by atoms with van der Waals surface area (Å²) in [6.07, 6.45) is 3.59. The van der Waals surface area contributed by atoms with E-state index >= 15 is 0 Å². The van der Waals surface area contributed by atoms with Gasteiger partial charge in [-0.2, -0.15) is 0 Å². The summed E-state index contributed by atoms with van der Waals surface area (Å²) in [6.45, 7) is 5.93. The molecule has 0 atom stereocenters. The minimum Gasteiger partial charge on any atom is -0.493 e. The van der Waals surface area contributed by atoms with Crippen molar-refractivity contribution < 1.29 is 9.15 Å². The average molecular weight is 272 g/mol. The van der Waals surface area contributed by atoms with Crippen molar-refractivity contribution in [1.82, 2.24) is 10.3 Å². The lowest BCUT2D eigenvalue weighted by molar-refractivity contribution is 0.357. The molecule has 4 nitrogen and oxygen atoms in total. The van der Waals surface area contributed by atoms with Crippen LogP contribution in [0.3, 0.4) is 0 Å². The third-order valence-corrected chi connectivity index (χ3v) is 3.42. The SMILES string of the molecule is CC(C)NCCc1ncc(-c2ccc3c(c2)CCO3)o1. The maximum Gasteiger partial charge on any atom is 0.196 e. The highest BCUT2D eigenvalue weighted by Crippen LogP contribution is 2.30. The Balaban J connectivity index is 1.70. The highest BCUT2D eigenvalue weighted by molar-refractivity contribution is 5.60. The van der Waals surface area contributed by atoms with Gasteiger partial charge < -0.3 is 14.5 Å². The summed E-state index contributed by atoms with van der Waals surface area (Å²) in [5.74, 6) is 2.61. The largest absolute Gasteiger partial charge is 0.493 e. The molecular formula is C16H20N2O2. The highest BCUT2D eigenvalue weighted by Gasteiger charge is 2.14. The van der Waals surface area contributed by atoms with Crippen LogP contribution in [-0.2, 0) is 12.8 Å². The van der Waals surface area contributed by atoms with Gasteiger partial charge in [0, 0.05) is 31.0 Å². The van der Waals surface area contributed by atoms with Crippen LogP contribution in [0.2, 0.25) is 0 Å². The maximum absolute atomic E-state index is 5.82. The number of rotatable bonds is 5. The standard InChI is InChI=1S/C16H20N2O2/c1-11(2)17-7-5-16-18-10-15(20-16)12-3-4-14-13(9-12)6-8-19-14/h3-4,9-11,17H,5-8H2,1-2H3. The molecule has 0 fully saturated rings. The Labute approximate surface area is 119 Å². The summed E-state index contributed by atoms with van der Waals surface area (Å²) in [7, 11) is 0. The first-order valence-electron chi connectivity index (χ1n) is 7.16. The van der Waals surface area contributed by atoms with Crippen molar-refractivity contribution >= 4 is 0 Å². The van der Waals surface area contributed by atoms with Crippen molar-refractivity contribution in [3.8, 4) is 17.1 Å². The van der Waals surface area contributed by atoms with Crippen molar-refractivity contribution in [2.45, 2.75) is 32.7 Å². The Morgan fingerprint density at radius 1 is 1.35 bits per heavy atom. The lowest BCUT2D eigenvalue weighted by Crippen LogP contribution is -2.24. The Hall–Kier alpha value is -1.81. The Kier molecular flexibility index (Phi) is 3.74. The van der Waals surface area contributed by atoms with Crippen LogP contribution in [0, 0.1) is 0 Å². The van der Waals surface area contributed by atoms with E-state index in [1.165, 1.54) is 5.56 Å². The fraction of sp³-hybridized carbons (Fsp3) is 0.438. The summed E-state index contributed by atoms with van der Waals surface area (Å²) in [5, 5.41) is 3.36. The lowest BCUT2D eigenvalue weighted by Gasteiger charge is -2.05. The van der Waals surface area contributed by atoms with Crippen LogP contribution in [0.5, 0.6) is 5.75 Å². The van der Waals surface area contributed by atoms with Crippen LogP contribution in [0.1, 0.15) is 25.3 Å². The zero-order valence-electron chi connectivity index (χ0n) is 12.0. The van der Waals surface area contributed by atoms with Crippen molar-refractivity contribution in [3.05, 3.63) is 35.9 Å². The van der Waals surface area contributed by atoms with Crippen LogP contribution in [0.25, 0.3) is 11.3 Å². The molecule has 4 heteroatoms. The van der Waals surface area contributed by atoms with Crippen molar-refractivity contribution in [2.24, 2.45) is 0 Å². The van der Waals surface area contributed by atoms with Crippen LogP contribution >= 0.6 is 0 Å². The van der Waals surface area contributed by atoms with Gasteiger partial charge in [-0.15, -0.1) is 0 Å². The molecule has 1 aromatic carbocycles. The molecular weight excluding hydrogens is 252 g/mol. The van der Waals surface area contributed by atoms with Crippen LogP contribution in [-0.4, -0.2) is 24.2 Å². The van der Waals surface area contributed by atoms with Crippen LogP contribution < -0.4 is 10.1 Å². The van der Waals surface area contributed by atoms with Gasteiger partial charge in [0.25, 0.3) is 0 Å². The molecule has 0 bridgehead atoms. The van der Waals surface area contributed by atoms with Gasteiger partial charge in [-0.05, 0) is 23.8 Å². The first kappa shape index (κ1) is 13.2. The van der Waals surface area contributed by atoms with Gasteiger partial charge in [0.1, 0.15) is 5.75 Å². The number of aromatic nitrogens is 1. The Morgan fingerprint density at radius 3 is 3.10 bits per heavy atom. The quantitative estimate of drug-likeness (QED) is 0.909. The maximum atomic E-state index is 5.82. The minimum atomic E-state index is 0.487. The minimum absolute atomic E-state index is 0.487. The van der Waals surface area contributed by atoms with Crippen LogP contribution in [0.4, 0.5) is 0 Å². The molecule has 0 aliphatic carbocycles. The summed E-state index contributed by atoms with van der Waals surface area (Å²) < 4.78 is 11.3. The molecule has 2 heterocycles. The van der Waals surface area contributed by atoms with E-state index in [1.807, 2.05) is 18.3 Å². The van der Waals surface area contributed by atoms with E-state index in [9.17, 15) is 0 Å². The molecule has 0 saturated heterocycles. The van der Waals surface area contributed by atoms with E-state index in [4.69, 9.17) is 9.15 Å². The van der Waals surface area contributed by atoms with E-state index in [-0.39, 0.29) is 0 Å². The average Bonchev–Trinajstić information content (AvgIpc) is 3.05. The molecule has 3 rings (SSSR count). The summed E-state index contributed by atoms with van der Waals surface area (Å²) in [4.78, 5) is 4.35. The van der Waals surface area contributed by atoms with Crippen LogP contribution in [0.15, 0.2) is 28.8 Å². The zero-order chi connectivity index (χ0) is 13.9. The predicted octanol–water partition coefficient (Wildman–Crippen LogP) is 2.82. The molecule has 1 aromatic heterocycles. The first-order valence-corrected chi connectivity index (χ1v) is 7.16. The van der Waals surface area contributed by atoms with Gasteiger partial charge in [0.2, 0.25) is 0 Å². The number of benzene rings is 1. The molecule has 0 radical (unpaired) electrons. The summed E-state index contributed by atoms with van der Waals surface area (Å²) in [5.41, 5.74) is 2.33. The van der Waals surface area contributed by atoms with E-state index < -0.39 is 0 Å². The number of ether oxygens (including phenoxy) is 1. The Morgan fingerprint density at radius 2 is 2.25 bits per heavy atom. The molecule has 2 aromatic rings. The van der Waals surface area contributed by atoms with Gasteiger partial charge >= 0.3 is 0 Å². The van der Waals surface area contributed by atoms with Gasteiger partial charge in [-0.3, -0.25) is 0 Å². The number of nitrogens with zero attached hydrogens (tertiary/aromatic N) is 1. The molecule has 0 spiro atoms. The fourth-order valence-electron chi connectivity index (χ4n) is 2.37. The highest BCUT2D eigenvalue weighted by atomic mass is 16.5. The smallest absolute Gasteiger partial charge is 0.196 e. The number of hydrogen-bond donors (Lipinski definition) is 1. The second-order valence-electron chi connectivity index (χ2n) is 5.40. The fourth-order valence-corrected chi connectivity index (χ4v) is 2.37. The molecule has 106 valence electrons. The van der Waals surface area contributed by atoms with E-state index in [0.717, 1.165) is 49.0 Å². The zero-order valence-corrected chi connectivity index (χ0v) is 12.0. The molecule has 20 heavy (non-hydrogen) atoms. The second kappa shape index (κ2) is 5.67. The van der Waals surface area contributed by atoms with Gasteiger partial charge in [0.15, 0.2) is 11.7 Å². The number of nitrogens with one attached hydrogen (secondary N) is 1. The molecule has 1 aliphatic rings. The third kappa shape index (κ3) is 2.85. The van der Waals surface area contributed by atoms with Gasteiger partial charge in [0.05, 0.1) is 12.8 Å². The normalized spacial score (nSPS) is 13.6. The van der Waals surface area contributed by atoms with Gasteiger partial charge in [-0.1, -0.05) is 13.8 Å². The van der Waals surface area contributed by atoms with Gasteiger partial charge in [-0.25, -0.2) is 4.98 Å². The van der Waals surface area contributed by atoms with E-state index in [1.54, 1.807) is 0 Å². The third-order valence-electron chi connectivity index (χ3n) is 3.42. The topological polar surface area (TPSA) is 47.3 Å². The number of oxazole rings is 1. The first-order chi connectivity index (χ1) is 9.72. The predicted molar refractivity (Wildman–Crippen MR) is 78.0 cm³/mol. The summed E-state index contributed by atoms with van der Waals surface area (Å²) >= 11 is 0. The Bertz CT molecular complexity index is 590. The van der Waals surface area contributed by atoms with Crippen molar-refractivity contribution in [2.75, 3.05) is 13.2 Å². The molecule has 0 unspecified atom stereocenters. The second-order valence-corrected chi connectivity index (χ2v) is 5.40. The van der Waals surface area contributed by atoms with E-state index in [0.29, 0.717) is 6.04 Å². The molecule has 0 saturated carbocycles. The number of hydrogen-bond acceptors (Lipinski definition) is 4. The molecule has 0 amide bonds. The number of fused-ring (bicyclic) bond motifs is 1. The summed E-state index contributed by atoms with van der Waals surface area (Å²) in [6, 6.07) is 6.67. The molecule has 1 N–H and O–H groups in total. The lowest BCUT2D eigenvalue weighted by atomic mass is 10.1. The van der Waals surface area contributed by atoms with Crippen molar-refractivity contribution in [3.63, 3.8) is 0 Å².